The molecule has 0 aromatic rings. The van der Waals surface area contributed by atoms with Crippen LogP contribution in [0.4, 0.5) is 0 Å². The van der Waals surface area contributed by atoms with Crippen molar-refractivity contribution in [2.24, 2.45) is 11.8 Å². The van der Waals surface area contributed by atoms with E-state index in [1.807, 2.05) is 6.92 Å². The highest BCUT2D eigenvalue weighted by Gasteiger charge is 2.29. The van der Waals surface area contributed by atoms with Gasteiger partial charge in [-0.05, 0) is 12.8 Å². The van der Waals surface area contributed by atoms with Crippen molar-refractivity contribution in [3.05, 3.63) is 0 Å². The Bertz CT molecular complexity index is 140. The van der Waals surface area contributed by atoms with Gasteiger partial charge >= 0.3 is 0 Å². The van der Waals surface area contributed by atoms with E-state index in [0.29, 0.717) is 5.92 Å². The molecule has 0 aromatic carbocycles. The first kappa shape index (κ1) is 9.92. The van der Waals surface area contributed by atoms with Crippen molar-refractivity contribution in [2.45, 2.75) is 45.9 Å². The summed E-state index contributed by atoms with van der Waals surface area (Å²) in [7, 11) is 0. The fourth-order valence-corrected chi connectivity index (χ4v) is 1.30. The summed E-state index contributed by atoms with van der Waals surface area (Å²) in [6, 6.07) is 0. The van der Waals surface area contributed by atoms with Gasteiger partial charge in [0.2, 0.25) is 0 Å². The lowest BCUT2D eigenvalue weighted by atomic mass is 10.0. The van der Waals surface area contributed by atoms with Gasteiger partial charge in [0.1, 0.15) is 0 Å². The van der Waals surface area contributed by atoms with Crippen molar-refractivity contribution in [2.75, 3.05) is 0 Å². The lowest BCUT2D eigenvalue weighted by molar-refractivity contribution is -0.354. The third kappa shape index (κ3) is 2.42. The van der Waals surface area contributed by atoms with Crippen LogP contribution in [0.5, 0.6) is 0 Å². The van der Waals surface area contributed by atoms with E-state index in [-0.39, 0.29) is 12.2 Å². The van der Waals surface area contributed by atoms with Crippen molar-refractivity contribution < 1.29 is 14.3 Å². The molecule has 0 spiro atoms. The van der Waals surface area contributed by atoms with Crippen molar-refractivity contribution in [1.29, 1.82) is 0 Å². The zero-order valence-electron chi connectivity index (χ0n) is 7.82. The number of nitrogens with two attached hydrogens (primary N) is 1. The monoisotopic (exact) mass is 175 g/mol. The number of rotatable bonds is 2. The maximum absolute atomic E-state index is 5.40. The molecular weight excluding hydrogens is 158 g/mol. The van der Waals surface area contributed by atoms with Crippen LogP contribution in [-0.4, -0.2) is 18.7 Å². The summed E-state index contributed by atoms with van der Waals surface area (Å²) in [6.45, 7) is 5.51. The molecule has 0 saturated carbocycles. The molecule has 2 N–H and O–H groups in total. The second kappa shape index (κ2) is 4.18. The molecule has 1 saturated heterocycles. The first-order chi connectivity index (χ1) is 5.63. The molecule has 1 heterocycles. The van der Waals surface area contributed by atoms with Gasteiger partial charge in [0, 0.05) is 6.42 Å². The average molecular weight is 175 g/mol. The molecule has 0 bridgehead atoms. The van der Waals surface area contributed by atoms with Crippen LogP contribution in [0.1, 0.15) is 27.2 Å². The molecule has 1 fully saturated rings. The lowest BCUT2D eigenvalue weighted by Crippen LogP contribution is -2.41. The van der Waals surface area contributed by atoms with Gasteiger partial charge in [0.25, 0.3) is 6.48 Å². The molecule has 3 unspecified atom stereocenters. The molecule has 3 atom stereocenters. The topological polar surface area (TPSA) is 53.7 Å². The molecule has 1 rings (SSSR count). The van der Waals surface area contributed by atoms with E-state index in [9.17, 15) is 0 Å². The van der Waals surface area contributed by atoms with Crippen molar-refractivity contribution in [3.63, 3.8) is 0 Å². The molecular formula is C8H17NO3. The van der Waals surface area contributed by atoms with E-state index in [4.69, 9.17) is 15.4 Å². The van der Waals surface area contributed by atoms with Crippen LogP contribution >= 0.6 is 0 Å². The third-order valence-corrected chi connectivity index (χ3v) is 2.05. The summed E-state index contributed by atoms with van der Waals surface area (Å²) in [6.07, 6.45) is 1.24. The summed E-state index contributed by atoms with van der Waals surface area (Å²) in [5.41, 5.74) is 0. The fraction of sp³-hybridized carbons (Fsp3) is 1.00. The minimum absolute atomic E-state index is 0.152. The Labute approximate surface area is 72.9 Å². The van der Waals surface area contributed by atoms with Crippen LogP contribution < -0.4 is 5.90 Å². The van der Waals surface area contributed by atoms with Crippen LogP contribution in [0.25, 0.3) is 0 Å². The van der Waals surface area contributed by atoms with Crippen LogP contribution in [0.2, 0.25) is 0 Å². The van der Waals surface area contributed by atoms with Gasteiger partial charge in [0.15, 0.2) is 0 Å². The van der Waals surface area contributed by atoms with Gasteiger partial charge in [-0.2, -0.15) is 0 Å². The maximum atomic E-state index is 5.40. The number of hydrogen-bond donors (Lipinski definition) is 1. The zero-order valence-corrected chi connectivity index (χ0v) is 7.82. The molecule has 12 heavy (non-hydrogen) atoms. The molecule has 4 nitrogen and oxygen atoms in total. The Kier molecular flexibility index (Phi) is 3.46. The third-order valence-electron chi connectivity index (χ3n) is 2.05. The lowest BCUT2D eigenvalue weighted by Gasteiger charge is -2.34. The smallest absolute Gasteiger partial charge is 0.288 e. The van der Waals surface area contributed by atoms with Gasteiger partial charge in [0.05, 0.1) is 12.2 Å². The van der Waals surface area contributed by atoms with Crippen LogP contribution in [0.3, 0.4) is 0 Å². The van der Waals surface area contributed by atoms with E-state index >= 15 is 0 Å². The van der Waals surface area contributed by atoms with Gasteiger partial charge in [-0.15, -0.1) is 0 Å². The minimum atomic E-state index is -0.693. The van der Waals surface area contributed by atoms with Crippen LogP contribution in [0, 0.1) is 5.92 Å². The van der Waals surface area contributed by atoms with E-state index in [2.05, 4.69) is 18.7 Å². The van der Waals surface area contributed by atoms with E-state index in [1.54, 1.807) is 0 Å². The Morgan fingerprint density at radius 3 is 2.58 bits per heavy atom. The Hall–Kier alpha value is -0.160. The van der Waals surface area contributed by atoms with Gasteiger partial charge < -0.3 is 9.47 Å². The van der Waals surface area contributed by atoms with Crippen LogP contribution in [0.15, 0.2) is 0 Å². The van der Waals surface area contributed by atoms with Gasteiger partial charge in [-0.3, -0.25) is 0 Å². The first-order valence-corrected chi connectivity index (χ1v) is 4.30. The standard InChI is InChI=1S/C8H17NO3/c1-5(2)7-4-6(3)10-8(11-7)12-9/h5-8H,4,9H2,1-3H3. The average Bonchev–Trinajstić information content (AvgIpc) is 2.03. The van der Waals surface area contributed by atoms with Crippen molar-refractivity contribution in [1.82, 2.24) is 0 Å². The Morgan fingerprint density at radius 2 is 2.08 bits per heavy atom. The highest BCUT2D eigenvalue weighted by Crippen LogP contribution is 2.23. The molecule has 4 heteroatoms. The predicted molar refractivity (Wildman–Crippen MR) is 43.9 cm³/mol. The maximum Gasteiger partial charge on any atom is 0.288 e. The quantitative estimate of drug-likeness (QED) is 0.636. The Morgan fingerprint density at radius 1 is 1.42 bits per heavy atom. The van der Waals surface area contributed by atoms with Gasteiger partial charge in [-0.25, -0.2) is 10.7 Å². The first-order valence-electron chi connectivity index (χ1n) is 4.30. The highest BCUT2D eigenvalue weighted by molar-refractivity contribution is 4.69. The highest BCUT2D eigenvalue weighted by atomic mass is 16.9. The predicted octanol–water partition coefficient (Wildman–Crippen LogP) is 1.01. The summed E-state index contributed by atoms with van der Waals surface area (Å²) < 4.78 is 10.6. The minimum Gasteiger partial charge on any atom is -0.326 e. The molecule has 72 valence electrons. The molecule has 0 aromatic heterocycles. The second-order valence-corrected chi connectivity index (χ2v) is 3.53. The zero-order chi connectivity index (χ0) is 9.14. The molecule has 1 aliphatic rings. The largest absolute Gasteiger partial charge is 0.326 e. The van der Waals surface area contributed by atoms with Gasteiger partial charge in [-0.1, -0.05) is 13.8 Å². The SMILES string of the molecule is CC1CC(C(C)C)OC(ON)O1. The normalized spacial score (nSPS) is 37.2. The summed E-state index contributed by atoms with van der Waals surface area (Å²) in [5.74, 6) is 5.44. The van der Waals surface area contributed by atoms with Crippen molar-refractivity contribution in [3.8, 4) is 0 Å². The van der Waals surface area contributed by atoms with Crippen LogP contribution in [-0.2, 0) is 14.3 Å². The molecule has 1 aliphatic heterocycles. The number of ether oxygens (including phenoxy) is 2. The molecule has 0 radical (unpaired) electrons. The van der Waals surface area contributed by atoms with E-state index < -0.39 is 6.48 Å². The number of hydrogen-bond acceptors (Lipinski definition) is 4. The summed E-state index contributed by atoms with van der Waals surface area (Å²) >= 11 is 0. The Balaban J connectivity index is 2.45. The molecule has 0 aliphatic carbocycles. The second-order valence-electron chi connectivity index (χ2n) is 3.53. The van der Waals surface area contributed by atoms with E-state index in [0.717, 1.165) is 6.42 Å². The summed E-state index contributed by atoms with van der Waals surface area (Å²) in [4.78, 5) is 4.50. The summed E-state index contributed by atoms with van der Waals surface area (Å²) in [5, 5.41) is 0. The van der Waals surface area contributed by atoms with E-state index in [1.165, 1.54) is 0 Å². The fourth-order valence-electron chi connectivity index (χ4n) is 1.30. The van der Waals surface area contributed by atoms with Crippen molar-refractivity contribution >= 4 is 0 Å². The molecule has 0 amide bonds.